The molecule has 2 N–H and O–H groups in total. The Morgan fingerprint density at radius 2 is 2.00 bits per heavy atom. The van der Waals surface area contributed by atoms with Gasteiger partial charge in [0.2, 0.25) is 0 Å². The number of ether oxygens (including phenoxy) is 1. The number of hydrogen-bond acceptors (Lipinski definition) is 3. The van der Waals surface area contributed by atoms with Gasteiger partial charge >= 0.3 is 5.97 Å². The molecule has 1 aliphatic rings. The Kier molecular flexibility index (Phi) is 4.36. The minimum Gasteiger partial charge on any atom is -0.489 e. The molecule has 0 amide bonds. The Hall–Kier alpha value is -2.07. The molecule has 0 radical (unpaired) electrons. The van der Waals surface area contributed by atoms with Crippen molar-refractivity contribution in [3.63, 3.8) is 0 Å². The summed E-state index contributed by atoms with van der Waals surface area (Å²) in [6.45, 7) is 0. The van der Waals surface area contributed by atoms with Crippen LogP contribution in [0.3, 0.4) is 0 Å². The van der Waals surface area contributed by atoms with E-state index in [1.54, 1.807) is 6.26 Å². The van der Waals surface area contributed by atoms with E-state index in [1.807, 2.05) is 42.5 Å². The van der Waals surface area contributed by atoms with Crippen LogP contribution in [0.2, 0.25) is 0 Å². The van der Waals surface area contributed by atoms with Crippen LogP contribution in [0.1, 0.15) is 23.7 Å². The van der Waals surface area contributed by atoms with Crippen LogP contribution in [0.25, 0.3) is 0 Å². The van der Waals surface area contributed by atoms with Crippen molar-refractivity contribution in [1.29, 1.82) is 0 Å². The fraction of sp³-hybridized carbons (Fsp3) is 0.267. The van der Waals surface area contributed by atoms with Crippen molar-refractivity contribution >= 4 is 5.97 Å². The predicted octanol–water partition coefficient (Wildman–Crippen LogP) is 2.21. The molecule has 1 aromatic carbocycles. The van der Waals surface area contributed by atoms with Crippen LogP contribution in [0, 0.1) is 0 Å². The number of carbonyl (C=O) groups is 1. The lowest BCUT2D eigenvalue weighted by atomic mass is 10.0. The molecule has 4 heteroatoms. The van der Waals surface area contributed by atoms with Gasteiger partial charge in [-0.2, -0.15) is 0 Å². The molecular formula is C15H16O4. The fourth-order valence-corrected chi connectivity index (χ4v) is 1.96. The second-order valence-electron chi connectivity index (χ2n) is 4.47. The molecule has 1 heterocycles. The number of carboxylic acids is 1. The van der Waals surface area contributed by atoms with E-state index in [-0.39, 0.29) is 12.5 Å². The summed E-state index contributed by atoms with van der Waals surface area (Å²) < 4.78 is 5.44. The third-order valence-electron chi connectivity index (χ3n) is 2.89. The van der Waals surface area contributed by atoms with Crippen LogP contribution in [0.5, 0.6) is 0 Å². The van der Waals surface area contributed by atoms with Crippen LogP contribution in [-0.2, 0) is 16.0 Å². The maximum Gasteiger partial charge on any atom is 0.305 e. The molecule has 100 valence electrons. The van der Waals surface area contributed by atoms with Crippen molar-refractivity contribution in [3.8, 4) is 0 Å². The van der Waals surface area contributed by atoms with E-state index in [4.69, 9.17) is 9.84 Å². The van der Waals surface area contributed by atoms with Crippen LogP contribution in [0.15, 0.2) is 48.8 Å². The molecule has 2 unspecified atom stereocenters. The molecule has 2 rings (SSSR count). The topological polar surface area (TPSA) is 66.8 Å². The van der Waals surface area contributed by atoms with Crippen LogP contribution in [-0.4, -0.2) is 22.3 Å². The number of aliphatic hydroxyl groups is 1. The van der Waals surface area contributed by atoms with Crippen molar-refractivity contribution in [1.82, 2.24) is 0 Å². The first-order chi connectivity index (χ1) is 9.15. The highest BCUT2D eigenvalue weighted by atomic mass is 16.5. The van der Waals surface area contributed by atoms with Gasteiger partial charge in [-0.1, -0.05) is 30.3 Å². The zero-order valence-corrected chi connectivity index (χ0v) is 10.4. The molecule has 2 atom stereocenters. The zero-order chi connectivity index (χ0) is 13.7. The molecule has 0 saturated carbocycles. The van der Waals surface area contributed by atoms with E-state index in [9.17, 15) is 9.90 Å². The number of allylic oxidation sites excluding steroid dienone is 2. The first kappa shape index (κ1) is 13.4. The predicted molar refractivity (Wildman–Crippen MR) is 70.5 cm³/mol. The number of aliphatic hydroxyl groups excluding tert-OH is 1. The van der Waals surface area contributed by atoms with Crippen molar-refractivity contribution in [2.75, 3.05) is 0 Å². The van der Waals surface area contributed by atoms with E-state index >= 15 is 0 Å². The summed E-state index contributed by atoms with van der Waals surface area (Å²) in [5.74, 6) is -0.989. The standard InChI is InChI=1S/C15H16O4/c16-13(10-15(17)18)9-11-4-6-12(7-5-11)14-3-1-2-8-19-14/h1-8,13-14,16H,9-10H2,(H,17,18). The van der Waals surface area contributed by atoms with Gasteiger partial charge in [0, 0.05) is 0 Å². The van der Waals surface area contributed by atoms with E-state index < -0.39 is 12.1 Å². The number of carboxylic acid groups (broad SMARTS) is 1. The lowest BCUT2D eigenvalue weighted by Gasteiger charge is -2.16. The van der Waals surface area contributed by atoms with Gasteiger partial charge in [-0.25, -0.2) is 0 Å². The van der Waals surface area contributed by atoms with Crippen LogP contribution < -0.4 is 0 Å². The summed E-state index contributed by atoms with van der Waals surface area (Å²) in [5.41, 5.74) is 1.94. The Morgan fingerprint density at radius 1 is 1.26 bits per heavy atom. The normalized spacial score (nSPS) is 18.9. The van der Waals surface area contributed by atoms with Gasteiger partial charge in [0.1, 0.15) is 6.10 Å². The number of benzene rings is 1. The second-order valence-corrected chi connectivity index (χ2v) is 4.47. The molecule has 0 aliphatic carbocycles. The highest BCUT2D eigenvalue weighted by Crippen LogP contribution is 2.22. The van der Waals surface area contributed by atoms with E-state index in [0.717, 1.165) is 11.1 Å². The Labute approximate surface area is 111 Å². The Bertz CT molecular complexity index is 487. The molecule has 4 nitrogen and oxygen atoms in total. The van der Waals surface area contributed by atoms with Crippen molar-refractivity contribution in [2.45, 2.75) is 25.0 Å². The molecule has 0 aromatic heterocycles. The van der Waals surface area contributed by atoms with Gasteiger partial charge in [-0.15, -0.1) is 0 Å². The van der Waals surface area contributed by atoms with Crippen molar-refractivity contribution in [3.05, 3.63) is 59.9 Å². The second kappa shape index (κ2) is 6.20. The molecule has 19 heavy (non-hydrogen) atoms. The summed E-state index contributed by atoms with van der Waals surface area (Å²) in [4.78, 5) is 10.5. The van der Waals surface area contributed by atoms with Gasteiger partial charge in [-0.3, -0.25) is 4.79 Å². The highest BCUT2D eigenvalue weighted by molar-refractivity contribution is 5.67. The highest BCUT2D eigenvalue weighted by Gasteiger charge is 2.12. The fourth-order valence-electron chi connectivity index (χ4n) is 1.96. The van der Waals surface area contributed by atoms with Crippen molar-refractivity contribution < 1.29 is 19.7 Å². The lowest BCUT2D eigenvalue weighted by molar-refractivity contribution is -0.139. The first-order valence-electron chi connectivity index (χ1n) is 6.12. The summed E-state index contributed by atoms with van der Waals surface area (Å²) in [5, 5.41) is 18.2. The SMILES string of the molecule is O=C(O)CC(O)Cc1ccc(C2C=CC=CO2)cc1. The summed E-state index contributed by atoms with van der Waals surface area (Å²) in [7, 11) is 0. The minimum absolute atomic E-state index is 0.0806. The molecule has 0 saturated heterocycles. The monoisotopic (exact) mass is 260 g/mol. The minimum atomic E-state index is -0.989. The summed E-state index contributed by atoms with van der Waals surface area (Å²) in [6, 6.07) is 7.62. The molecule has 1 aromatic rings. The summed E-state index contributed by atoms with van der Waals surface area (Å²) >= 11 is 0. The van der Waals surface area contributed by atoms with E-state index in [0.29, 0.717) is 6.42 Å². The van der Waals surface area contributed by atoms with Gasteiger partial charge < -0.3 is 14.9 Å². The Morgan fingerprint density at radius 3 is 2.58 bits per heavy atom. The number of hydrogen-bond donors (Lipinski definition) is 2. The molecular weight excluding hydrogens is 244 g/mol. The van der Waals surface area contributed by atoms with Crippen molar-refractivity contribution in [2.24, 2.45) is 0 Å². The third-order valence-corrected chi connectivity index (χ3v) is 2.89. The quantitative estimate of drug-likeness (QED) is 0.851. The largest absolute Gasteiger partial charge is 0.489 e. The maximum atomic E-state index is 10.5. The van der Waals surface area contributed by atoms with E-state index in [2.05, 4.69) is 0 Å². The first-order valence-corrected chi connectivity index (χ1v) is 6.12. The molecule has 0 bridgehead atoms. The maximum absolute atomic E-state index is 10.5. The van der Waals surface area contributed by atoms with Gasteiger partial charge in [0.05, 0.1) is 18.8 Å². The number of aliphatic carboxylic acids is 1. The van der Waals surface area contributed by atoms with E-state index in [1.165, 1.54) is 0 Å². The molecule has 1 aliphatic heterocycles. The summed E-state index contributed by atoms with van der Waals surface area (Å²) in [6.07, 6.45) is 6.53. The Balaban J connectivity index is 1.96. The smallest absolute Gasteiger partial charge is 0.305 e. The molecule has 0 spiro atoms. The van der Waals surface area contributed by atoms with Gasteiger partial charge in [0.25, 0.3) is 0 Å². The average Bonchev–Trinajstić information content (AvgIpc) is 2.39. The van der Waals surface area contributed by atoms with Gasteiger partial charge in [0.15, 0.2) is 0 Å². The van der Waals surface area contributed by atoms with Gasteiger partial charge in [-0.05, 0) is 29.7 Å². The zero-order valence-electron chi connectivity index (χ0n) is 10.4. The van der Waals surface area contributed by atoms with Crippen LogP contribution >= 0.6 is 0 Å². The average molecular weight is 260 g/mol. The molecule has 0 fully saturated rings. The van der Waals surface area contributed by atoms with Crippen LogP contribution in [0.4, 0.5) is 0 Å². The third kappa shape index (κ3) is 3.96. The number of rotatable bonds is 5. The lowest BCUT2D eigenvalue weighted by Crippen LogP contribution is -2.15.